The highest BCUT2D eigenvalue weighted by atomic mass is 15.1. The first-order chi connectivity index (χ1) is 9.61. The van der Waals surface area contributed by atoms with Gasteiger partial charge in [-0.1, -0.05) is 12.1 Å². The van der Waals surface area contributed by atoms with E-state index in [4.69, 9.17) is 5.26 Å². The summed E-state index contributed by atoms with van der Waals surface area (Å²) in [5.41, 5.74) is 3.91. The van der Waals surface area contributed by atoms with E-state index in [-0.39, 0.29) is 6.04 Å². The molecule has 0 spiro atoms. The van der Waals surface area contributed by atoms with Gasteiger partial charge in [-0.05, 0) is 30.7 Å². The lowest BCUT2D eigenvalue weighted by molar-refractivity contribution is 0.880. The van der Waals surface area contributed by atoms with Gasteiger partial charge in [0.2, 0.25) is 0 Å². The number of aromatic nitrogens is 1. The van der Waals surface area contributed by atoms with Gasteiger partial charge in [0.05, 0.1) is 29.2 Å². The summed E-state index contributed by atoms with van der Waals surface area (Å²) in [6.07, 6.45) is 3.61. The molecule has 1 aromatic carbocycles. The van der Waals surface area contributed by atoms with Gasteiger partial charge in [-0.2, -0.15) is 5.26 Å². The number of nitrogens with one attached hydrogen (secondary N) is 1. The largest absolute Gasteiger partial charge is 0.376 e. The highest BCUT2D eigenvalue weighted by Gasteiger charge is 2.09. The van der Waals surface area contributed by atoms with E-state index in [0.29, 0.717) is 5.56 Å². The first-order valence-electron chi connectivity index (χ1n) is 6.49. The first-order valence-corrected chi connectivity index (χ1v) is 6.49. The minimum Gasteiger partial charge on any atom is -0.376 e. The summed E-state index contributed by atoms with van der Waals surface area (Å²) in [7, 11) is 4.01. The Balaban J connectivity index is 2.19. The van der Waals surface area contributed by atoms with Crippen LogP contribution in [0.25, 0.3) is 0 Å². The maximum atomic E-state index is 8.82. The molecule has 4 heteroatoms. The van der Waals surface area contributed by atoms with Crippen LogP contribution in [0.1, 0.15) is 24.1 Å². The predicted octanol–water partition coefficient (Wildman–Crippen LogP) is 3.19. The summed E-state index contributed by atoms with van der Waals surface area (Å²) < 4.78 is 0. The summed E-state index contributed by atoms with van der Waals surface area (Å²) >= 11 is 0. The highest BCUT2D eigenvalue weighted by molar-refractivity contribution is 5.68. The molecule has 0 amide bonds. The molecule has 0 saturated carbocycles. The van der Waals surface area contributed by atoms with E-state index in [2.05, 4.69) is 28.2 Å². The Kier molecular flexibility index (Phi) is 4.21. The first kappa shape index (κ1) is 13.9. The predicted molar refractivity (Wildman–Crippen MR) is 81.8 cm³/mol. The van der Waals surface area contributed by atoms with Crippen LogP contribution in [0.2, 0.25) is 0 Å². The van der Waals surface area contributed by atoms with Crippen molar-refractivity contribution in [3.8, 4) is 6.07 Å². The number of hydrogen-bond donors (Lipinski definition) is 1. The SMILES string of the molecule is CC(Nc1cnccc1N(C)C)c1ccc(C#N)cc1. The number of rotatable bonds is 4. The molecule has 2 aromatic rings. The second-order valence-corrected chi connectivity index (χ2v) is 4.89. The van der Waals surface area contributed by atoms with Crippen molar-refractivity contribution < 1.29 is 0 Å². The topological polar surface area (TPSA) is 52.0 Å². The highest BCUT2D eigenvalue weighted by Crippen LogP contribution is 2.26. The molecule has 0 fully saturated rings. The molecule has 1 heterocycles. The second-order valence-electron chi connectivity index (χ2n) is 4.89. The smallest absolute Gasteiger partial charge is 0.0991 e. The third kappa shape index (κ3) is 3.07. The Morgan fingerprint density at radius 2 is 1.90 bits per heavy atom. The zero-order valence-corrected chi connectivity index (χ0v) is 12.0. The molecule has 0 radical (unpaired) electrons. The van der Waals surface area contributed by atoms with Crippen LogP contribution in [0.3, 0.4) is 0 Å². The molecule has 0 saturated heterocycles. The second kappa shape index (κ2) is 6.07. The van der Waals surface area contributed by atoms with Crippen molar-refractivity contribution in [1.82, 2.24) is 4.98 Å². The molecule has 20 heavy (non-hydrogen) atoms. The van der Waals surface area contributed by atoms with Crippen molar-refractivity contribution >= 4 is 11.4 Å². The van der Waals surface area contributed by atoms with Crippen molar-refractivity contribution in [2.24, 2.45) is 0 Å². The molecule has 0 bridgehead atoms. The zero-order chi connectivity index (χ0) is 14.5. The molecule has 0 aliphatic rings. The zero-order valence-electron chi connectivity index (χ0n) is 12.0. The van der Waals surface area contributed by atoms with Gasteiger partial charge in [0.1, 0.15) is 0 Å². The van der Waals surface area contributed by atoms with Crippen LogP contribution in [0.4, 0.5) is 11.4 Å². The number of hydrogen-bond acceptors (Lipinski definition) is 4. The van der Waals surface area contributed by atoms with Crippen molar-refractivity contribution in [1.29, 1.82) is 5.26 Å². The Labute approximate surface area is 119 Å². The van der Waals surface area contributed by atoms with Crippen LogP contribution in [0.5, 0.6) is 0 Å². The minimum atomic E-state index is 0.144. The maximum Gasteiger partial charge on any atom is 0.0991 e. The summed E-state index contributed by atoms with van der Waals surface area (Å²) in [6, 6.07) is 11.9. The van der Waals surface area contributed by atoms with Crippen LogP contribution >= 0.6 is 0 Å². The summed E-state index contributed by atoms with van der Waals surface area (Å²) in [5.74, 6) is 0. The Bertz CT molecular complexity index is 611. The standard InChI is InChI=1S/C16H18N4/c1-12(14-6-4-13(10-17)5-7-14)19-15-11-18-9-8-16(15)20(2)3/h4-9,11-12,19H,1-3H3. The van der Waals surface area contributed by atoms with Crippen LogP contribution in [0, 0.1) is 11.3 Å². The summed E-state index contributed by atoms with van der Waals surface area (Å²) in [4.78, 5) is 6.22. The van der Waals surface area contributed by atoms with E-state index in [9.17, 15) is 0 Å². The fourth-order valence-electron chi connectivity index (χ4n) is 2.05. The van der Waals surface area contributed by atoms with Gasteiger partial charge in [-0.15, -0.1) is 0 Å². The van der Waals surface area contributed by atoms with Crippen LogP contribution in [-0.2, 0) is 0 Å². The van der Waals surface area contributed by atoms with E-state index < -0.39 is 0 Å². The lowest BCUT2D eigenvalue weighted by Crippen LogP contribution is -2.14. The van der Waals surface area contributed by atoms with Crippen LogP contribution in [0.15, 0.2) is 42.7 Å². The molecule has 1 atom stereocenters. The molecule has 1 aromatic heterocycles. The van der Waals surface area contributed by atoms with Gasteiger partial charge in [0.25, 0.3) is 0 Å². The van der Waals surface area contributed by atoms with E-state index in [0.717, 1.165) is 16.9 Å². The lowest BCUT2D eigenvalue weighted by Gasteiger charge is -2.21. The number of pyridine rings is 1. The Morgan fingerprint density at radius 3 is 2.50 bits per heavy atom. The molecule has 102 valence electrons. The van der Waals surface area contributed by atoms with E-state index >= 15 is 0 Å². The Hall–Kier alpha value is -2.54. The molecular formula is C16H18N4. The molecular weight excluding hydrogens is 248 g/mol. The molecule has 0 aliphatic carbocycles. The summed E-state index contributed by atoms with van der Waals surface area (Å²) in [6.45, 7) is 2.09. The summed E-state index contributed by atoms with van der Waals surface area (Å²) in [5, 5.41) is 12.3. The lowest BCUT2D eigenvalue weighted by atomic mass is 10.1. The quantitative estimate of drug-likeness (QED) is 0.923. The normalized spacial score (nSPS) is 11.5. The minimum absolute atomic E-state index is 0.144. The van der Waals surface area contributed by atoms with Gasteiger partial charge in [-0.25, -0.2) is 0 Å². The van der Waals surface area contributed by atoms with Gasteiger partial charge in [0, 0.05) is 26.3 Å². The fourth-order valence-corrected chi connectivity index (χ4v) is 2.05. The van der Waals surface area contributed by atoms with Crippen molar-refractivity contribution in [3.63, 3.8) is 0 Å². The van der Waals surface area contributed by atoms with Gasteiger partial charge < -0.3 is 10.2 Å². The van der Waals surface area contributed by atoms with E-state index in [1.165, 1.54) is 0 Å². The fraction of sp³-hybridized carbons (Fsp3) is 0.250. The van der Waals surface area contributed by atoms with E-state index in [1.54, 1.807) is 6.20 Å². The number of benzene rings is 1. The third-order valence-electron chi connectivity index (χ3n) is 3.19. The number of anilines is 2. The number of nitriles is 1. The molecule has 1 N–H and O–H groups in total. The molecule has 4 nitrogen and oxygen atoms in total. The van der Waals surface area contributed by atoms with Gasteiger partial charge in [-0.3, -0.25) is 4.98 Å². The Morgan fingerprint density at radius 1 is 1.20 bits per heavy atom. The van der Waals surface area contributed by atoms with Gasteiger partial charge >= 0.3 is 0 Å². The monoisotopic (exact) mass is 266 g/mol. The average molecular weight is 266 g/mol. The van der Waals surface area contributed by atoms with Crippen molar-refractivity contribution in [2.45, 2.75) is 13.0 Å². The van der Waals surface area contributed by atoms with Crippen molar-refractivity contribution in [2.75, 3.05) is 24.3 Å². The molecule has 1 unspecified atom stereocenters. The maximum absolute atomic E-state index is 8.82. The van der Waals surface area contributed by atoms with Crippen molar-refractivity contribution in [3.05, 3.63) is 53.9 Å². The molecule has 2 rings (SSSR count). The third-order valence-corrected chi connectivity index (χ3v) is 3.19. The average Bonchev–Trinajstić information content (AvgIpc) is 2.47. The van der Waals surface area contributed by atoms with Crippen LogP contribution in [-0.4, -0.2) is 19.1 Å². The van der Waals surface area contributed by atoms with Crippen LogP contribution < -0.4 is 10.2 Å². The van der Waals surface area contributed by atoms with E-state index in [1.807, 2.05) is 50.6 Å². The van der Waals surface area contributed by atoms with Gasteiger partial charge in [0.15, 0.2) is 0 Å². The number of nitrogens with zero attached hydrogens (tertiary/aromatic N) is 3. The molecule has 0 aliphatic heterocycles.